The second-order valence-electron chi connectivity index (χ2n) is 9.72. The van der Waals surface area contributed by atoms with Gasteiger partial charge in [0.05, 0.1) is 22.6 Å². The second kappa shape index (κ2) is 13.9. The summed E-state index contributed by atoms with van der Waals surface area (Å²) < 4.78 is 4.09. The van der Waals surface area contributed by atoms with Crippen LogP contribution in [0.5, 0.6) is 5.75 Å². The number of nitrogens with zero attached hydrogens (tertiary/aromatic N) is 4. The van der Waals surface area contributed by atoms with Crippen molar-refractivity contribution in [2.45, 2.75) is 59.5 Å². The van der Waals surface area contributed by atoms with Gasteiger partial charge in [0.25, 0.3) is 0 Å². The molecule has 0 saturated carbocycles. The zero-order valence-corrected chi connectivity index (χ0v) is 21.3. The molecule has 1 aromatic heterocycles. The van der Waals surface area contributed by atoms with Crippen molar-refractivity contribution in [1.29, 1.82) is 0 Å². The zero-order valence-electron chi connectivity index (χ0n) is 20.4. The van der Waals surface area contributed by atoms with Crippen LogP contribution in [0, 0.1) is 0 Å². The summed E-state index contributed by atoms with van der Waals surface area (Å²) in [5, 5.41) is 13.2. The van der Waals surface area contributed by atoms with Crippen LogP contribution in [0.1, 0.15) is 53.0 Å². The van der Waals surface area contributed by atoms with E-state index in [1.54, 1.807) is 6.07 Å². The minimum Gasteiger partial charge on any atom is -0.506 e. The molecule has 7 nitrogen and oxygen atoms in total. The molecular formula is C29H45N5O2S. The number of piperidine rings is 1. The number of anilines is 1. The van der Waals surface area contributed by atoms with E-state index in [4.69, 9.17) is 0 Å². The number of aromatic nitrogens is 2. The standard InChI is InChI=1S/C27H37N5O2S.2CH4/c33-26-11-4-1-8-23(26)28-20-35-21-30-18-12-22(13-19-30)32-25-10-3-2-9-24(25)31(27(32)34)17-7-16-29-14-5-6-15-29;;/h1-4,8-11,22,28,33H,5-7,12-21H2;2*1H4. The number of fused-ring (bicyclic) bond motifs is 1. The lowest BCUT2D eigenvalue weighted by molar-refractivity contribution is 0.213. The first-order chi connectivity index (χ1) is 17.2. The highest BCUT2D eigenvalue weighted by Crippen LogP contribution is 2.27. The van der Waals surface area contributed by atoms with Crippen LogP contribution in [0.4, 0.5) is 5.69 Å². The summed E-state index contributed by atoms with van der Waals surface area (Å²) in [5.74, 6) is 1.98. The molecule has 0 unspecified atom stereocenters. The number of likely N-dealkylation sites (tertiary alicyclic amines) is 2. The molecule has 0 aliphatic carbocycles. The Bertz CT molecular complexity index is 1160. The monoisotopic (exact) mass is 527 g/mol. The van der Waals surface area contributed by atoms with E-state index < -0.39 is 0 Å². The van der Waals surface area contributed by atoms with Gasteiger partial charge in [-0.05, 0) is 76.0 Å². The Morgan fingerprint density at radius 2 is 1.54 bits per heavy atom. The number of hydrogen-bond donors (Lipinski definition) is 2. The third kappa shape index (κ3) is 6.92. The molecule has 0 radical (unpaired) electrons. The Labute approximate surface area is 226 Å². The van der Waals surface area contributed by atoms with E-state index in [1.807, 2.05) is 40.6 Å². The Kier molecular flexibility index (Phi) is 11.0. The number of aryl methyl sites for hydroxylation is 1. The molecule has 5 rings (SSSR count). The van der Waals surface area contributed by atoms with E-state index >= 15 is 0 Å². The third-order valence-electron chi connectivity index (χ3n) is 7.39. The Hall–Kier alpha value is -2.42. The van der Waals surface area contributed by atoms with Gasteiger partial charge in [0.1, 0.15) is 5.75 Å². The number of para-hydroxylation sites is 4. The summed E-state index contributed by atoms with van der Waals surface area (Å²) >= 11 is 1.82. The fraction of sp³-hybridized carbons (Fsp3) is 0.552. The molecule has 0 atom stereocenters. The average Bonchev–Trinajstić information content (AvgIpc) is 3.50. The largest absolute Gasteiger partial charge is 0.506 e. The van der Waals surface area contributed by atoms with E-state index in [9.17, 15) is 9.90 Å². The predicted octanol–water partition coefficient (Wildman–Crippen LogP) is 5.66. The van der Waals surface area contributed by atoms with Crippen LogP contribution in [0.25, 0.3) is 11.0 Å². The maximum Gasteiger partial charge on any atom is 0.329 e. The number of imidazole rings is 1. The first-order valence-electron chi connectivity index (χ1n) is 12.9. The number of rotatable bonds is 10. The fourth-order valence-electron chi connectivity index (χ4n) is 5.49. The van der Waals surface area contributed by atoms with Gasteiger partial charge in [0.2, 0.25) is 0 Å². The van der Waals surface area contributed by atoms with Gasteiger partial charge in [-0.1, -0.05) is 39.1 Å². The number of hydrogen-bond acceptors (Lipinski definition) is 6. The van der Waals surface area contributed by atoms with Crippen LogP contribution in [-0.4, -0.2) is 68.5 Å². The molecule has 2 aliphatic rings. The molecule has 204 valence electrons. The number of nitrogens with one attached hydrogen (secondary N) is 1. The summed E-state index contributed by atoms with van der Waals surface area (Å²) in [6, 6.07) is 15.9. The van der Waals surface area contributed by atoms with Crippen LogP contribution < -0.4 is 11.0 Å². The highest BCUT2D eigenvalue weighted by atomic mass is 32.2. The first kappa shape index (κ1) is 29.1. The van der Waals surface area contributed by atoms with Gasteiger partial charge in [-0.2, -0.15) is 0 Å². The van der Waals surface area contributed by atoms with E-state index in [1.165, 1.54) is 25.9 Å². The molecule has 2 N–H and O–H groups in total. The van der Waals surface area contributed by atoms with Crippen molar-refractivity contribution in [2.24, 2.45) is 0 Å². The van der Waals surface area contributed by atoms with Gasteiger partial charge in [-0.15, -0.1) is 11.8 Å². The smallest absolute Gasteiger partial charge is 0.329 e. The van der Waals surface area contributed by atoms with Gasteiger partial charge < -0.3 is 15.3 Å². The van der Waals surface area contributed by atoms with Crippen LogP contribution in [-0.2, 0) is 6.54 Å². The average molecular weight is 528 g/mol. The molecule has 2 saturated heterocycles. The Balaban J connectivity index is 0.00000190. The van der Waals surface area contributed by atoms with Crippen molar-refractivity contribution < 1.29 is 5.11 Å². The van der Waals surface area contributed by atoms with Crippen molar-refractivity contribution in [3.63, 3.8) is 0 Å². The number of thioether (sulfide) groups is 1. The molecule has 37 heavy (non-hydrogen) atoms. The number of benzene rings is 2. The zero-order chi connectivity index (χ0) is 24.0. The Morgan fingerprint density at radius 3 is 2.27 bits per heavy atom. The van der Waals surface area contributed by atoms with Gasteiger partial charge in [0, 0.05) is 31.6 Å². The van der Waals surface area contributed by atoms with Crippen LogP contribution in [0.2, 0.25) is 0 Å². The number of aromatic hydroxyl groups is 1. The van der Waals surface area contributed by atoms with Crippen molar-refractivity contribution in [1.82, 2.24) is 18.9 Å². The van der Waals surface area contributed by atoms with Crippen molar-refractivity contribution in [2.75, 3.05) is 49.8 Å². The van der Waals surface area contributed by atoms with E-state index in [0.29, 0.717) is 0 Å². The fourth-order valence-corrected chi connectivity index (χ4v) is 6.36. The van der Waals surface area contributed by atoms with Crippen LogP contribution in [0.3, 0.4) is 0 Å². The first-order valence-corrected chi connectivity index (χ1v) is 14.1. The lowest BCUT2D eigenvalue weighted by Crippen LogP contribution is -2.38. The van der Waals surface area contributed by atoms with E-state index in [2.05, 4.69) is 37.9 Å². The van der Waals surface area contributed by atoms with Gasteiger partial charge in [-0.3, -0.25) is 14.0 Å². The molecule has 0 spiro atoms. The molecule has 3 aromatic rings. The molecule has 2 aliphatic heterocycles. The SMILES string of the molecule is C.C.O=c1n(CCCN2CCCC2)c2ccccc2n1C1CCN(CSCNc2ccccc2O)CC1. The molecule has 8 heteroatoms. The van der Waals surface area contributed by atoms with Crippen molar-refractivity contribution >= 4 is 28.5 Å². The Morgan fingerprint density at radius 1 is 0.865 bits per heavy atom. The molecule has 2 aromatic carbocycles. The summed E-state index contributed by atoms with van der Waals surface area (Å²) in [4.78, 5) is 18.5. The maximum absolute atomic E-state index is 13.5. The normalized spacial score (nSPS) is 17.0. The minimum absolute atomic E-state index is 0. The lowest BCUT2D eigenvalue weighted by Gasteiger charge is -2.32. The topological polar surface area (TPSA) is 65.7 Å². The minimum atomic E-state index is 0. The molecule has 2 fully saturated rings. The van der Waals surface area contributed by atoms with Crippen LogP contribution in [0.15, 0.2) is 53.3 Å². The highest BCUT2D eigenvalue weighted by Gasteiger charge is 2.25. The summed E-state index contributed by atoms with van der Waals surface area (Å²) in [5.41, 5.74) is 3.09. The maximum atomic E-state index is 13.5. The molecule has 0 amide bonds. The van der Waals surface area contributed by atoms with E-state index in [0.717, 1.165) is 73.9 Å². The molecule has 3 heterocycles. The van der Waals surface area contributed by atoms with Gasteiger partial charge >= 0.3 is 5.69 Å². The van der Waals surface area contributed by atoms with E-state index in [-0.39, 0.29) is 32.3 Å². The third-order valence-corrected chi connectivity index (χ3v) is 8.28. The summed E-state index contributed by atoms with van der Waals surface area (Å²) in [6.07, 6.45) is 5.63. The molecular weight excluding hydrogens is 482 g/mol. The summed E-state index contributed by atoms with van der Waals surface area (Å²) in [6.45, 7) is 6.28. The van der Waals surface area contributed by atoms with Crippen molar-refractivity contribution in [3.8, 4) is 5.75 Å². The van der Waals surface area contributed by atoms with Gasteiger partial charge in [-0.25, -0.2) is 4.79 Å². The summed E-state index contributed by atoms with van der Waals surface area (Å²) in [7, 11) is 0. The number of phenols is 1. The highest BCUT2D eigenvalue weighted by molar-refractivity contribution is 7.99. The predicted molar refractivity (Wildman–Crippen MR) is 159 cm³/mol. The van der Waals surface area contributed by atoms with Crippen LogP contribution >= 0.6 is 11.8 Å². The quantitative estimate of drug-likeness (QED) is 0.201. The van der Waals surface area contributed by atoms with Crippen molar-refractivity contribution in [3.05, 3.63) is 59.0 Å². The molecule has 0 bridgehead atoms. The number of phenolic OH excluding ortho intramolecular Hbond substituents is 1. The lowest BCUT2D eigenvalue weighted by atomic mass is 10.1. The second-order valence-corrected chi connectivity index (χ2v) is 10.7. The van der Waals surface area contributed by atoms with Gasteiger partial charge in [0.15, 0.2) is 0 Å².